The van der Waals surface area contributed by atoms with Crippen LogP contribution in [-0.2, 0) is 0 Å². The maximum atomic E-state index is 11.9. The highest BCUT2D eigenvalue weighted by Crippen LogP contribution is 2.20. The van der Waals surface area contributed by atoms with Crippen molar-refractivity contribution in [1.82, 2.24) is 13.6 Å². The maximum absolute atomic E-state index is 11.9. The van der Waals surface area contributed by atoms with Crippen LogP contribution in [0.25, 0.3) is 0 Å². The second kappa shape index (κ2) is 5.36. The van der Waals surface area contributed by atoms with Crippen molar-refractivity contribution in [1.29, 1.82) is 0 Å². The van der Waals surface area contributed by atoms with Gasteiger partial charge in [0.2, 0.25) is 0 Å². The normalized spacial score (nSPS) is 17.7. The summed E-state index contributed by atoms with van der Waals surface area (Å²) in [5, 5.41) is 0. The Hall–Kier alpha value is -1.01. The molecule has 0 aliphatic carbocycles. The van der Waals surface area contributed by atoms with Crippen molar-refractivity contribution < 1.29 is 4.79 Å². The molecule has 1 aromatic rings. The molecule has 6 heteroatoms. The summed E-state index contributed by atoms with van der Waals surface area (Å²) in [6, 6.07) is 0. The van der Waals surface area contributed by atoms with Gasteiger partial charge in [0.25, 0.3) is 5.91 Å². The van der Waals surface area contributed by atoms with Crippen LogP contribution in [-0.4, -0.2) is 39.2 Å². The number of carbonyl (C=O) groups excluding carboxylic acids is 1. The fourth-order valence-electron chi connectivity index (χ4n) is 2.08. The van der Waals surface area contributed by atoms with Gasteiger partial charge in [-0.2, -0.15) is 8.75 Å². The molecule has 2 N–H and O–H groups in total. The first-order valence-electron chi connectivity index (χ1n) is 5.58. The number of likely N-dealkylation sites (tertiary alicyclic amines) is 1. The van der Waals surface area contributed by atoms with Gasteiger partial charge in [0.1, 0.15) is 0 Å². The van der Waals surface area contributed by atoms with Gasteiger partial charge in [0.15, 0.2) is 5.69 Å². The summed E-state index contributed by atoms with van der Waals surface area (Å²) in [5.74, 6) is 0.697. The standard InChI is InChI=1S/C10H16N4OS/c11-4-1-8-2-5-14(6-3-8)10(15)9-7-12-16-13-9/h7-8H,1-6,11H2. The van der Waals surface area contributed by atoms with Gasteiger partial charge in [-0.25, -0.2) is 0 Å². The molecule has 0 spiro atoms. The highest BCUT2D eigenvalue weighted by Gasteiger charge is 2.24. The van der Waals surface area contributed by atoms with E-state index in [0.717, 1.165) is 50.6 Å². The zero-order chi connectivity index (χ0) is 11.4. The Bertz CT molecular complexity index is 333. The Labute approximate surface area is 99.0 Å². The highest BCUT2D eigenvalue weighted by atomic mass is 32.1. The molecule has 2 heterocycles. The van der Waals surface area contributed by atoms with E-state index < -0.39 is 0 Å². The number of carbonyl (C=O) groups is 1. The Kier molecular flexibility index (Phi) is 3.84. The zero-order valence-electron chi connectivity index (χ0n) is 9.13. The van der Waals surface area contributed by atoms with Crippen molar-refractivity contribution in [3.8, 4) is 0 Å². The summed E-state index contributed by atoms with van der Waals surface area (Å²) in [5.41, 5.74) is 6.01. The summed E-state index contributed by atoms with van der Waals surface area (Å²) in [6.45, 7) is 2.39. The molecule has 1 amide bonds. The predicted molar refractivity (Wildman–Crippen MR) is 62.2 cm³/mol. The van der Waals surface area contributed by atoms with Gasteiger partial charge in [-0.3, -0.25) is 4.79 Å². The van der Waals surface area contributed by atoms with E-state index in [1.807, 2.05) is 4.90 Å². The number of nitrogens with zero attached hydrogens (tertiary/aromatic N) is 3. The molecular formula is C10H16N4OS. The number of hydrogen-bond donors (Lipinski definition) is 1. The molecule has 1 aliphatic heterocycles. The Balaban J connectivity index is 1.87. The summed E-state index contributed by atoms with van der Waals surface area (Å²) in [6.07, 6.45) is 4.72. The van der Waals surface area contributed by atoms with Gasteiger partial charge in [0.05, 0.1) is 17.9 Å². The van der Waals surface area contributed by atoms with Crippen LogP contribution in [0.2, 0.25) is 0 Å². The zero-order valence-corrected chi connectivity index (χ0v) is 9.95. The van der Waals surface area contributed by atoms with E-state index in [9.17, 15) is 4.79 Å². The van der Waals surface area contributed by atoms with E-state index >= 15 is 0 Å². The molecule has 0 unspecified atom stereocenters. The number of amides is 1. The first kappa shape index (κ1) is 11.5. The van der Waals surface area contributed by atoms with E-state index in [1.165, 1.54) is 0 Å². The third-order valence-corrected chi connectivity index (χ3v) is 3.54. The van der Waals surface area contributed by atoms with Gasteiger partial charge < -0.3 is 10.6 Å². The van der Waals surface area contributed by atoms with E-state index in [-0.39, 0.29) is 5.91 Å². The average Bonchev–Trinajstić information content (AvgIpc) is 2.83. The quantitative estimate of drug-likeness (QED) is 0.845. The Morgan fingerprint density at radius 2 is 2.31 bits per heavy atom. The number of piperidine rings is 1. The first-order valence-corrected chi connectivity index (χ1v) is 6.31. The topological polar surface area (TPSA) is 72.1 Å². The molecule has 88 valence electrons. The molecule has 0 atom stereocenters. The van der Waals surface area contributed by atoms with Crippen LogP contribution in [0.1, 0.15) is 29.8 Å². The van der Waals surface area contributed by atoms with E-state index in [1.54, 1.807) is 6.20 Å². The fourth-order valence-corrected chi connectivity index (χ4v) is 2.49. The van der Waals surface area contributed by atoms with Crippen molar-refractivity contribution in [3.63, 3.8) is 0 Å². The minimum absolute atomic E-state index is 0.0138. The first-order chi connectivity index (χ1) is 7.81. The SMILES string of the molecule is NCCC1CCN(C(=O)c2cnsn2)CC1. The Morgan fingerprint density at radius 1 is 1.56 bits per heavy atom. The van der Waals surface area contributed by atoms with E-state index in [4.69, 9.17) is 5.73 Å². The Morgan fingerprint density at radius 3 is 2.88 bits per heavy atom. The van der Waals surface area contributed by atoms with Crippen LogP contribution in [0.15, 0.2) is 6.20 Å². The van der Waals surface area contributed by atoms with Crippen LogP contribution in [0.4, 0.5) is 0 Å². The molecule has 2 rings (SSSR count). The maximum Gasteiger partial charge on any atom is 0.275 e. The van der Waals surface area contributed by atoms with Crippen molar-refractivity contribution >= 4 is 17.6 Å². The van der Waals surface area contributed by atoms with Crippen LogP contribution in [0.5, 0.6) is 0 Å². The lowest BCUT2D eigenvalue weighted by atomic mass is 9.93. The van der Waals surface area contributed by atoms with Gasteiger partial charge >= 0.3 is 0 Å². The molecule has 1 aromatic heterocycles. The van der Waals surface area contributed by atoms with Gasteiger partial charge in [-0.1, -0.05) is 0 Å². The number of rotatable bonds is 3. The monoisotopic (exact) mass is 240 g/mol. The number of hydrogen-bond acceptors (Lipinski definition) is 5. The average molecular weight is 240 g/mol. The summed E-state index contributed by atoms with van der Waals surface area (Å²) in [4.78, 5) is 13.8. The van der Waals surface area contributed by atoms with Crippen LogP contribution in [0.3, 0.4) is 0 Å². The van der Waals surface area contributed by atoms with Crippen LogP contribution >= 0.6 is 11.7 Å². The molecule has 5 nitrogen and oxygen atoms in total. The largest absolute Gasteiger partial charge is 0.337 e. The molecule has 0 saturated carbocycles. The third kappa shape index (κ3) is 2.56. The van der Waals surface area contributed by atoms with Crippen molar-refractivity contribution in [3.05, 3.63) is 11.9 Å². The minimum atomic E-state index is 0.0138. The predicted octanol–water partition coefficient (Wildman–Crippen LogP) is 0.739. The molecule has 1 aliphatic rings. The molecule has 1 fully saturated rings. The summed E-state index contributed by atoms with van der Waals surface area (Å²) in [7, 11) is 0. The van der Waals surface area contributed by atoms with Crippen molar-refractivity contribution in [2.75, 3.05) is 19.6 Å². The lowest BCUT2D eigenvalue weighted by Gasteiger charge is -2.31. The molecule has 0 aromatic carbocycles. The fraction of sp³-hybridized carbons (Fsp3) is 0.700. The van der Waals surface area contributed by atoms with E-state index in [0.29, 0.717) is 11.6 Å². The second-order valence-corrected chi connectivity index (χ2v) is 4.66. The highest BCUT2D eigenvalue weighted by molar-refractivity contribution is 6.99. The summed E-state index contributed by atoms with van der Waals surface area (Å²) < 4.78 is 7.82. The molecule has 16 heavy (non-hydrogen) atoms. The third-order valence-electron chi connectivity index (χ3n) is 3.06. The van der Waals surface area contributed by atoms with Crippen molar-refractivity contribution in [2.45, 2.75) is 19.3 Å². The van der Waals surface area contributed by atoms with Gasteiger partial charge in [0, 0.05) is 13.1 Å². The smallest absolute Gasteiger partial charge is 0.275 e. The lowest BCUT2D eigenvalue weighted by Crippen LogP contribution is -2.39. The van der Waals surface area contributed by atoms with Crippen molar-refractivity contribution in [2.24, 2.45) is 11.7 Å². The molecule has 0 bridgehead atoms. The van der Waals surface area contributed by atoms with Crippen LogP contribution in [0, 0.1) is 5.92 Å². The summed E-state index contributed by atoms with van der Waals surface area (Å²) >= 11 is 1.08. The molecule has 0 radical (unpaired) electrons. The number of aromatic nitrogens is 2. The lowest BCUT2D eigenvalue weighted by molar-refractivity contribution is 0.0683. The van der Waals surface area contributed by atoms with Gasteiger partial charge in [-0.05, 0) is 31.7 Å². The van der Waals surface area contributed by atoms with Gasteiger partial charge in [-0.15, -0.1) is 0 Å². The van der Waals surface area contributed by atoms with Crippen LogP contribution < -0.4 is 5.73 Å². The molecule has 1 saturated heterocycles. The second-order valence-electron chi connectivity index (χ2n) is 4.11. The molecular weight excluding hydrogens is 224 g/mol. The van der Waals surface area contributed by atoms with E-state index in [2.05, 4.69) is 8.75 Å². The minimum Gasteiger partial charge on any atom is -0.337 e. The number of nitrogens with two attached hydrogens (primary N) is 1.